The number of hydrogen-bond donors (Lipinski definition) is 2. The number of hydrogen-bond acceptors (Lipinski definition) is 6. The molecule has 3 N–H and O–H groups in total. The monoisotopic (exact) mass is 333 g/mol. The maximum Gasteiger partial charge on any atom is 0.328 e. The highest BCUT2D eigenvalue weighted by molar-refractivity contribution is 7.12. The molecular formula is C16H19N3O3S. The molecule has 2 rings (SSSR count). The summed E-state index contributed by atoms with van der Waals surface area (Å²) in [5.74, 6) is -0.938. The predicted molar refractivity (Wildman–Crippen MR) is 90.1 cm³/mol. The van der Waals surface area contributed by atoms with Crippen molar-refractivity contribution in [3.8, 4) is 11.3 Å². The normalized spacial score (nSPS) is 12.0. The van der Waals surface area contributed by atoms with Gasteiger partial charge < -0.3 is 15.8 Å². The molecule has 0 radical (unpaired) electrons. The molecule has 122 valence electrons. The van der Waals surface area contributed by atoms with Gasteiger partial charge in [-0.25, -0.2) is 9.78 Å². The first-order chi connectivity index (χ1) is 10.9. The lowest BCUT2D eigenvalue weighted by atomic mass is 10.0. The number of nitrogen functional groups attached to an aromatic ring is 1. The van der Waals surface area contributed by atoms with Crippen LogP contribution in [0.5, 0.6) is 0 Å². The van der Waals surface area contributed by atoms with Crippen molar-refractivity contribution in [1.82, 2.24) is 10.3 Å². The third-order valence-corrected chi connectivity index (χ3v) is 4.15. The summed E-state index contributed by atoms with van der Waals surface area (Å²) < 4.78 is 4.71. The van der Waals surface area contributed by atoms with Gasteiger partial charge in [0.25, 0.3) is 5.91 Å². The molecule has 7 heteroatoms. The molecule has 23 heavy (non-hydrogen) atoms. The second kappa shape index (κ2) is 7.23. The van der Waals surface area contributed by atoms with E-state index in [4.69, 9.17) is 10.5 Å². The SMILES string of the molecule is COC(=O)C(NC(=O)c1nc(-c2ccc(N)cc2)cs1)C(C)C. The molecule has 1 unspecified atom stereocenters. The largest absolute Gasteiger partial charge is 0.467 e. The second-order valence-corrected chi connectivity index (χ2v) is 6.24. The number of nitrogens with zero attached hydrogens (tertiary/aromatic N) is 1. The lowest BCUT2D eigenvalue weighted by molar-refractivity contribution is -0.144. The number of thiazole rings is 1. The number of nitrogens with one attached hydrogen (secondary N) is 1. The zero-order valence-electron chi connectivity index (χ0n) is 13.2. The number of aromatic nitrogens is 1. The van der Waals surface area contributed by atoms with Crippen LogP contribution in [0.1, 0.15) is 23.6 Å². The van der Waals surface area contributed by atoms with E-state index < -0.39 is 12.0 Å². The summed E-state index contributed by atoms with van der Waals surface area (Å²) in [5.41, 5.74) is 7.90. The van der Waals surface area contributed by atoms with Crippen LogP contribution in [0.4, 0.5) is 5.69 Å². The molecule has 2 aromatic rings. The highest BCUT2D eigenvalue weighted by atomic mass is 32.1. The Morgan fingerprint density at radius 1 is 1.26 bits per heavy atom. The minimum Gasteiger partial charge on any atom is -0.467 e. The molecule has 1 aromatic carbocycles. The van der Waals surface area contributed by atoms with Gasteiger partial charge in [0.05, 0.1) is 12.8 Å². The topological polar surface area (TPSA) is 94.3 Å². The first-order valence-electron chi connectivity index (χ1n) is 7.12. The Balaban J connectivity index is 2.14. The van der Waals surface area contributed by atoms with Gasteiger partial charge in [-0.3, -0.25) is 4.79 Å². The van der Waals surface area contributed by atoms with E-state index in [0.29, 0.717) is 16.4 Å². The average molecular weight is 333 g/mol. The van der Waals surface area contributed by atoms with E-state index in [1.807, 2.05) is 26.0 Å². The number of amides is 1. The van der Waals surface area contributed by atoms with Crippen molar-refractivity contribution in [3.05, 3.63) is 34.7 Å². The van der Waals surface area contributed by atoms with Crippen LogP contribution in [-0.4, -0.2) is 30.0 Å². The molecule has 0 bridgehead atoms. The van der Waals surface area contributed by atoms with E-state index in [2.05, 4.69) is 10.3 Å². The molecule has 1 aromatic heterocycles. The number of carbonyl (C=O) groups is 2. The van der Waals surface area contributed by atoms with E-state index in [9.17, 15) is 9.59 Å². The van der Waals surface area contributed by atoms with E-state index in [0.717, 1.165) is 5.56 Å². The zero-order chi connectivity index (χ0) is 17.0. The number of carbonyl (C=O) groups excluding carboxylic acids is 2. The number of anilines is 1. The van der Waals surface area contributed by atoms with Crippen molar-refractivity contribution < 1.29 is 14.3 Å². The Morgan fingerprint density at radius 2 is 1.91 bits per heavy atom. The number of rotatable bonds is 5. The number of nitrogens with two attached hydrogens (primary N) is 1. The lowest BCUT2D eigenvalue weighted by Crippen LogP contribution is -2.45. The van der Waals surface area contributed by atoms with Crippen molar-refractivity contribution in [2.24, 2.45) is 5.92 Å². The molecular weight excluding hydrogens is 314 g/mol. The van der Waals surface area contributed by atoms with Crippen molar-refractivity contribution >= 4 is 28.9 Å². The fourth-order valence-electron chi connectivity index (χ4n) is 1.99. The third-order valence-electron chi connectivity index (χ3n) is 3.31. The maximum atomic E-state index is 12.3. The van der Waals surface area contributed by atoms with Gasteiger partial charge in [-0.05, 0) is 18.1 Å². The number of ether oxygens (including phenoxy) is 1. The fourth-order valence-corrected chi connectivity index (χ4v) is 2.72. The molecule has 0 saturated carbocycles. The molecule has 6 nitrogen and oxygen atoms in total. The number of benzene rings is 1. The summed E-state index contributed by atoms with van der Waals surface area (Å²) in [4.78, 5) is 28.3. The van der Waals surface area contributed by atoms with E-state index in [-0.39, 0.29) is 11.8 Å². The summed E-state index contributed by atoms with van der Waals surface area (Å²) in [6, 6.07) is 6.55. The first-order valence-corrected chi connectivity index (χ1v) is 8.00. The number of esters is 1. The molecule has 0 spiro atoms. The molecule has 0 aliphatic heterocycles. The predicted octanol–water partition coefficient (Wildman–Crippen LogP) is 2.32. The molecule has 1 amide bonds. The van der Waals surface area contributed by atoms with Gasteiger partial charge in [0.15, 0.2) is 5.01 Å². The van der Waals surface area contributed by atoms with Crippen LogP contribution in [0.15, 0.2) is 29.6 Å². The number of methoxy groups -OCH3 is 1. The smallest absolute Gasteiger partial charge is 0.328 e. The second-order valence-electron chi connectivity index (χ2n) is 5.38. The highest BCUT2D eigenvalue weighted by Crippen LogP contribution is 2.23. The summed E-state index contributed by atoms with van der Waals surface area (Å²) in [5, 5.41) is 4.76. The Bertz CT molecular complexity index is 695. The van der Waals surface area contributed by atoms with Gasteiger partial charge in [0.1, 0.15) is 6.04 Å². The van der Waals surface area contributed by atoms with E-state index in [1.54, 1.807) is 17.5 Å². The van der Waals surface area contributed by atoms with Crippen LogP contribution >= 0.6 is 11.3 Å². The summed E-state index contributed by atoms with van der Waals surface area (Å²) in [6.07, 6.45) is 0. The van der Waals surface area contributed by atoms with Gasteiger partial charge in [-0.2, -0.15) is 0 Å². The Kier molecular flexibility index (Phi) is 5.33. The van der Waals surface area contributed by atoms with Gasteiger partial charge >= 0.3 is 5.97 Å². The van der Waals surface area contributed by atoms with Crippen molar-refractivity contribution in [3.63, 3.8) is 0 Å². The standard InChI is InChI=1S/C16H19N3O3S/c1-9(2)13(16(21)22-3)19-14(20)15-18-12(8-23-15)10-4-6-11(17)7-5-10/h4-9,13H,17H2,1-3H3,(H,19,20). The van der Waals surface area contributed by atoms with E-state index in [1.165, 1.54) is 18.4 Å². The molecule has 0 fully saturated rings. The summed E-state index contributed by atoms with van der Waals surface area (Å²) in [7, 11) is 1.30. The van der Waals surface area contributed by atoms with Gasteiger partial charge in [0, 0.05) is 16.6 Å². The molecule has 0 saturated heterocycles. The molecule has 1 heterocycles. The van der Waals surface area contributed by atoms with Crippen molar-refractivity contribution in [2.75, 3.05) is 12.8 Å². The van der Waals surface area contributed by atoms with Crippen LogP contribution in [0.25, 0.3) is 11.3 Å². The van der Waals surface area contributed by atoms with Gasteiger partial charge in [-0.1, -0.05) is 26.0 Å². The van der Waals surface area contributed by atoms with Crippen LogP contribution in [-0.2, 0) is 9.53 Å². The van der Waals surface area contributed by atoms with Crippen molar-refractivity contribution in [2.45, 2.75) is 19.9 Å². The molecule has 1 atom stereocenters. The third kappa shape index (κ3) is 4.07. The quantitative estimate of drug-likeness (QED) is 0.647. The molecule has 0 aliphatic carbocycles. The average Bonchev–Trinajstić information content (AvgIpc) is 3.02. The fraction of sp³-hybridized carbons (Fsp3) is 0.312. The van der Waals surface area contributed by atoms with Gasteiger partial charge in [0.2, 0.25) is 0 Å². The van der Waals surface area contributed by atoms with Crippen molar-refractivity contribution in [1.29, 1.82) is 0 Å². The van der Waals surface area contributed by atoms with Crippen LogP contribution in [0.2, 0.25) is 0 Å². The first kappa shape index (κ1) is 17.0. The Hall–Kier alpha value is -2.41. The minimum absolute atomic E-state index is 0.0806. The summed E-state index contributed by atoms with van der Waals surface area (Å²) >= 11 is 1.22. The summed E-state index contributed by atoms with van der Waals surface area (Å²) in [6.45, 7) is 3.67. The van der Waals surface area contributed by atoms with Crippen LogP contribution < -0.4 is 11.1 Å². The zero-order valence-corrected chi connectivity index (χ0v) is 14.0. The Labute approximate surface area is 138 Å². The van der Waals surface area contributed by atoms with Gasteiger partial charge in [-0.15, -0.1) is 11.3 Å². The van der Waals surface area contributed by atoms with E-state index >= 15 is 0 Å². The molecule has 0 aliphatic rings. The lowest BCUT2D eigenvalue weighted by Gasteiger charge is -2.18. The highest BCUT2D eigenvalue weighted by Gasteiger charge is 2.26. The minimum atomic E-state index is -0.698. The van der Waals surface area contributed by atoms with Crippen LogP contribution in [0.3, 0.4) is 0 Å². The maximum absolute atomic E-state index is 12.3. The Morgan fingerprint density at radius 3 is 2.48 bits per heavy atom. The van der Waals surface area contributed by atoms with Crippen LogP contribution in [0, 0.1) is 5.92 Å².